The van der Waals surface area contributed by atoms with Crippen LogP contribution in [0.2, 0.25) is 0 Å². The van der Waals surface area contributed by atoms with E-state index < -0.39 is 28.1 Å². The van der Waals surface area contributed by atoms with E-state index in [1.54, 1.807) is 43.6 Å². The lowest BCUT2D eigenvalue weighted by molar-refractivity contribution is 0.0935. The van der Waals surface area contributed by atoms with Gasteiger partial charge in [0.2, 0.25) is 10.0 Å². The topological polar surface area (TPSA) is 168 Å². The summed E-state index contributed by atoms with van der Waals surface area (Å²) in [5, 5.41) is 14.0. The molecule has 6 rings (SSSR count). The van der Waals surface area contributed by atoms with Crippen molar-refractivity contribution in [2.75, 3.05) is 6.54 Å². The van der Waals surface area contributed by atoms with E-state index in [-0.39, 0.29) is 29.8 Å². The van der Waals surface area contributed by atoms with Gasteiger partial charge in [-0.15, -0.1) is 0 Å². The molecule has 0 saturated heterocycles. The molecule has 4 aromatic rings. The fourth-order valence-electron chi connectivity index (χ4n) is 5.57. The number of carbonyl (C=O) groups excluding carboxylic acids is 2. The Bertz CT molecular complexity index is 1820. The lowest BCUT2D eigenvalue weighted by Crippen LogP contribution is -2.37. The molecule has 44 heavy (non-hydrogen) atoms. The second-order valence-electron chi connectivity index (χ2n) is 11.9. The second kappa shape index (κ2) is 12.0. The van der Waals surface area contributed by atoms with Crippen LogP contribution < -0.4 is 20.7 Å². The highest BCUT2D eigenvalue weighted by molar-refractivity contribution is 7.89. The standard InChI is InChI=1S/C31H35N7O5S/c1-17(2)13-35-44(41,42)28-11-23-26(36-30(39)20-5-4-8-32-14-20)12-27(37-31(40)34-15-21-9-18(3)43-38-21)29(23)24-16-33-25(10-22(24)28)19-6-7-19/h4-5,8-11,14,16-17,19,26-27,35H,6-7,12-13,15H2,1-3H3,(H,36,39)(H2,34,37,40)/t26-,27-/m0/s1. The number of nitrogens with zero attached hydrogens (tertiary/aromatic N) is 3. The monoisotopic (exact) mass is 617 g/mol. The van der Waals surface area contributed by atoms with Crippen LogP contribution in [0.3, 0.4) is 0 Å². The molecule has 3 amide bonds. The number of benzene rings is 1. The number of nitrogens with one attached hydrogen (secondary N) is 4. The molecule has 0 radical (unpaired) electrons. The molecule has 13 heteroatoms. The zero-order valence-electron chi connectivity index (χ0n) is 24.8. The quantitative estimate of drug-likeness (QED) is 0.206. The van der Waals surface area contributed by atoms with Gasteiger partial charge in [-0.2, -0.15) is 0 Å². The minimum atomic E-state index is -3.92. The van der Waals surface area contributed by atoms with Crippen molar-refractivity contribution in [2.24, 2.45) is 5.92 Å². The predicted octanol–water partition coefficient (Wildman–Crippen LogP) is 4.15. The van der Waals surface area contributed by atoms with Crippen LogP contribution in [-0.4, -0.2) is 42.0 Å². The van der Waals surface area contributed by atoms with Crippen LogP contribution in [0, 0.1) is 12.8 Å². The molecule has 3 heterocycles. The molecule has 0 aliphatic heterocycles. The third-order valence-electron chi connectivity index (χ3n) is 7.88. The Morgan fingerprint density at radius 3 is 2.57 bits per heavy atom. The van der Waals surface area contributed by atoms with Gasteiger partial charge in [-0.25, -0.2) is 17.9 Å². The van der Waals surface area contributed by atoms with Crippen LogP contribution in [0.4, 0.5) is 4.79 Å². The third-order valence-corrected chi connectivity index (χ3v) is 9.35. The number of aryl methyl sites for hydroxylation is 1. The van der Waals surface area contributed by atoms with Crippen molar-refractivity contribution in [2.45, 2.75) is 69.5 Å². The fraction of sp³-hybridized carbons (Fsp3) is 0.387. The van der Waals surface area contributed by atoms with Gasteiger partial charge in [0.1, 0.15) is 11.5 Å². The van der Waals surface area contributed by atoms with Crippen LogP contribution >= 0.6 is 0 Å². The van der Waals surface area contributed by atoms with Crippen LogP contribution in [0.1, 0.15) is 89.7 Å². The first-order valence-electron chi connectivity index (χ1n) is 14.7. The van der Waals surface area contributed by atoms with Gasteiger partial charge in [-0.3, -0.25) is 14.8 Å². The van der Waals surface area contributed by atoms with Gasteiger partial charge in [0.25, 0.3) is 5.91 Å². The first-order valence-corrected chi connectivity index (χ1v) is 16.2. The Hall–Kier alpha value is -4.36. The molecule has 3 aromatic heterocycles. The summed E-state index contributed by atoms with van der Waals surface area (Å²) in [4.78, 5) is 35.2. The summed E-state index contributed by atoms with van der Waals surface area (Å²) in [6, 6.07) is 7.00. The summed E-state index contributed by atoms with van der Waals surface area (Å²) in [6.45, 7) is 6.08. The molecule has 230 valence electrons. The summed E-state index contributed by atoms with van der Waals surface area (Å²) >= 11 is 0. The average molecular weight is 618 g/mol. The van der Waals surface area contributed by atoms with Crippen molar-refractivity contribution in [3.05, 3.63) is 82.8 Å². The molecule has 2 aliphatic carbocycles. The van der Waals surface area contributed by atoms with E-state index in [2.05, 4.69) is 30.8 Å². The lowest BCUT2D eigenvalue weighted by atomic mass is 9.98. The first-order chi connectivity index (χ1) is 21.1. The Morgan fingerprint density at radius 2 is 1.89 bits per heavy atom. The van der Waals surface area contributed by atoms with Gasteiger partial charge in [-0.1, -0.05) is 19.0 Å². The Morgan fingerprint density at radius 1 is 1.07 bits per heavy atom. The largest absolute Gasteiger partial charge is 0.361 e. The Labute approximate surface area is 255 Å². The van der Waals surface area contributed by atoms with Gasteiger partial charge in [0.15, 0.2) is 0 Å². The van der Waals surface area contributed by atoms with Crippen molar-refractivity contribution in [1.82, 2.24) is 35.8 Å². The molecule has 12 nitrogen and oxygen atoms in total. The first kappa shape index (κ1) is 29.7. The van der Waals surface area contributed by atoms with Crippen molar-refractivity contribution >= 4 is 32.7 Å². The third kappa shape index (κ3) is 6.29. The minimum absolute atomic E-state index is 0.105. The lowest BCUT2D eigenvalue weighted by Gasteiger charge is -2.19. The number of pyridine rings is 2. The summed E-state index contributed by atoms with van der Waals surface area (Å²) in [5.74, 6) is 0.689. The maximum atomic E-state index is 13.8. The smallest absolute Gasteiger partial charge is 0.315 e. The molecule has 2 atom stereocenters. The van der Waals surface area contributed by atoms with Crippen LogP contribution in [0.5, 0.6) is 0 Å². The molecule has 0 unspecified atom stereocenters. The molecule has 4 N–H and O–H groups in total. The van der Waals surface area contributed by atoms with Crippen LogP contribution in [-0.2, 0) is 16.6 Å². The van der Waals surface area contributed by atoms with Gasteiger partial charge < -0.3 is 20.5 Å². The molecule has 1 aromatic carbocycles. The maximum Gasteiger partial charge on any atom is 0.315 e. The van der Waals surface area contributed by atoms with Crippen molar-refractivity contribution in [3.8, 4) is 0 Å². The van der Waals surface area contributed by atoms with E-state index in [0.29, 0.717) is 45.7 Å². The number of urea groups is 1. The van der Waals surface area contributed by atoms with Gasteiger partial charge in [0.05, 0.1) is 29.1 Å². The zero-order chi connectivity index (χ0) is 31.0. The zero-order valence-corrected chi connectivity index (χ0v) is 25.6. The van der Waals surface area contributed by atoms with E-state index in [1.165, 1.54) is 6.20 Å². The molecule has 1 saturated carbocycles. The summed E-state index contributed by atoms with van der Waals surface area (Å²) < 4.78 is 35.3. The highest BCUT2D eigenvalue weighted by Crippen LogP contribution is 2.46. The maximum absolute atomic E-state index is 13.8. The number of aromatic nitrogens is 3. The number of rotatable bonds is 10. The van der Waals surface area contributed by atoms with Gasteiger partial charge in [-0.05, 0) is 67.5 Å². The number of hydrogen-bond donors (Lipinski definition) is 4. The number of carbonyl (C=O) groups is 2. The molecular formula is C31H35N7O5S. The fourth-order valence-corrected chi connectivity index (χ4v) is 7.02. The Kier molecular flexibility index (Phi) is 8.08. The summed E-state index contributed by atoms with van der Waals surface area (Å²) in [7, 11) is -3.92. The minimum Gasteiger partial charge on any atom is -0.361 e. The second-order valence-corrected chi connectivity index (χ2v) is 13.6. The summed E-state index contributed by atoms with van der Waals surface area (Å²) in [5.41, 5.74) is 3.13. The van der Waals surface area contributed by atoms with Gasteiger partial charge in [0, 0.05) is 53.6 Å². The van der Waals surface area contributed by atoms with Gasteiger partial charge >= 0.3 is 6.03 Å². The van der Waals surface area contributed by atoms with E-state index >= 15 is 0 Å². The van der Waals surface area contributed by atoms with E-state index in [0.717, 1.165) is 24.1 Å². The molecular weight excluding hydrogens is 582 g/mol. The molecule has 0 spiro atoms. The van der Waals surface area contributed by atoms with E-state index in [1.807, 2.05) is 19.9 Å². The van der Waals surface area contributed by atoms with Crippen molar-refractivity contribution in [1.29, 1.82) is 0 Å². The number of hydrogen-bond acceptors (Lipinski definition) is 8. The summed E-state index contributed by atoms with van der Waals surface area (Å²) in [6.07, 6.45) is 7.08. The van der Waals surface area contributed by atoms with E-state index in [9.17, 15) is 18.0 Å². The Balaban J connectivity index is 1.41. The van der Waals surface area contributed by atoms with Crippen molar-refractivity contribution in [3.63, 3.8) is 0 Å². The normalized spacial score (nSPS) is 17.9. The number of fused-ring (bicyclic) bond motifs is 3. The van der Waals surface area contributed by atoms with Crippen LogP contribution in [0.15, 0.2) is 58.3 Å². The highest BCUT2D eigenvalue weighted by atomic mass is 32.2. The molecule has 1 fully saturated rings. The average Bonchev–Trinajstić information content (AvgIpc) is 3.69. The predicted molar refractivity (Wildman–Crippen MR) is 162 cm³/mol. The number of sulfonamides is 1. The van der Waals surface area contributed by atoms with E-state index in [4.69, 9.17) is 9.51 Å². The SMILES string of the molecule is Cc1cc(CNC(=O)N[C@H]2C[C@H](NC(=O)c3cccnc3)c3cc(S(=O)(=O)NCC(C)C)c4cc(C5CC5)ncc4c32)no1. The van der Waals surface area contributed by atoms with Crippen molar-refractivity contribution < 1.29 is 22.5 Å². The molecule has 2 aliphatic rings. The molecule has 0 bridgehead atoms. The number of amides is 3. The highest BCUT2D eigenvalue weighted by Gasteiger charge is 2.38. The van der Waals surface area contributed by atoms with Crippen LogP contribution in [0.25, 0.3) is 10.8 Å².